The summed E-state index contributed by atoms with van der Waals surface area (Å²) in [5, 5.41) is 4.23. The molecule has 0 unspecified atom stereocenters. The lowest BCUT2D eigenvalue weighted by Gasteiger charge is -2.34. The average Bonchev–Trinajstić information content (AvgIpc) is 3.05. The van der Waals surface area contributed by atoms with Gasteiger partial charge in [-0.2, -0.15) is 5.10 Å². The van der Waals surface area contributed by atoms with Crippen molar-refractivity contribution in [1.82, 2.24) is 19.6 Å². The molecule has 1 saturated heterocycles. The summed E-state index contributed by atoms with van der Waals surface area (Å²) in [5.41, 5.74) is 3.10. The van der Waals surface area contributed by atoms with Gasteiger partial charge in [0.15, 0.2) is 0 Å². The third-order valence-corrected chi connectivity index (χ3v) is 4.33. The van der Waals surface area contributed by atoms with Gasteiger partial charge in [0, 0.05) is 50.7 Å². The number of hydrogen-bond donors (Lipinski definition) is 0. The molecule has 1 fully saturated rings. The highest BCUT2D eigenvalue weighted by atomic mass is 16.2. The van der Waals surface area contributed by atoms with Crippen molar-refractivity contribution in [2.24, 2.45) is 0 Å². The second kappa shape index (κ2) is 6.96. The van der Waals surface area contributed by atoms with Gasteiger partial charge in [0.1, 0.15) is 0 Å². The predicted octanol–water partition coefficient (Wildman–Crippen LogP) is 1.96. The lowest BCUT2D eigenvalue weighted by atomic mass is 10.1. The number of hydrogen-bond acceptors (Lipinski definition) is 3. The Bertz CT molecular complexity index is 637. The largest absolute Gasteiger partial charge is 0.336 e. The Labute approximate surface area is 137 Å². The van der Waals surface area contributed by atoms with Gasteiger partial charge in [-0.05, 0) is 32.0 Å². The Morgan fingerprint density at radius 3 is 2.35 bits per heavy atom. The lowest BCUT2D eigenvalue weighted by molar-refractivity contribution is 0.0632. The van der Waals surface area contributed by atoms with E-state index in [-0.39, 0.29) is 5.91 Å². The number of amides is 1. The van der Waals surface area contributed by atoms with Crippen LogP contribution in [0.2, 0.25) is 0 Å². The quantitative estimate of drug-likeness (QED) is 0.866. The number of carbonyl (C=O) groups excluding carboxylic acids is 1. The van der Waals surface area contributed by atoms with Crippen molar-refractivity contribution >= 4 is 5.91 Å². The van der Waals surface area contributed by atoms with Crippen LogP contribution in [0.25, 0.3) is 0 Å². The van der Waals surface area contributed by atoms with Crippen LogP contribution in [-0.4, -0.2) is 58.2 Å². The summed E-state index contributed by atoms with van der Waals surface area (Å²) in [6.07, 6.45) is 3.79. The van der Waals surface area contributed by atoms with Gasteiger partial charge in [-0.15, -0.1) is 0 Å². The molecule has 2 heterocycles. The third kappa shape index (κ3) is 3.99. The monoisotopic (exact) mass is 312 g/mol. The highest BCUT2D eigenvalue weighted by Gasteiger charge is 2.22. The summed E-state index contributed by atoms with van der Waals surface area (Å²) in [6, 6.07) is 8.02. The fourth-order valence-corrected chi connectivity index (χ4v) is 3.13. The maximum Gasteiger partial charge on any atom is 0.253 e. The molecule has 1 aromatic carbocycles. The number of nitrogens with zero attached hydrogens (tertiary/aromatic N) is 4. The fraction of sp³-hybridized carbons (Fsp3) is 0.444. The third-order valence-electron chi connectivity index (χ3n) is 4.33. The Balaban J connectivity index is 1.52. The SMILES string of the molecule is Cc1cc(C)cc(C(=O)N2CCN(CCn3cccn3)CC2)c1. The molecular weight excluding hydrogens is 288 g/mol. The molecule has 122 valence electrons. The number of carbonyl (C=O) groups is 1. The summed E-state index contributed by atoms with van der Waals surface area (Å²) in [4.78, 5) is 17.0. The number of aryl methyl sites for hydroxylation is 2. The first-order chi connectivity index (χ1) is 11.1. The topological polar surface area (TPSA) is 41.4 Å². The van der Waals surface area contributed by atoms with Gasteiger partial charge >= 0.3 is 0 Å². The van der Waals surface area contributed by atoms with Crippen molar-refractivity contribution in [1.29, 1.82) is 0 Å². The number of benzene rings is 1. The molecule has 1 aromatic heterocycles. The van der Waals surface area contributed by atoms with Gasteiger partial charge in [-0.25, -0.2) is 0 Å². The number of rotatable bonds is 4. The van der Waals surface area contributed by atoms with Gasteiger partial charge < -0.3 is 4.90 Å². The molecule has 1 aliphatic heterocycles. The van der Waals surface area contributed by atoms with Crippen LogP contribution < -0.4 is 0 Å². The summed E-state index contributed by atoms with van der Waals surface area (Å²) in [5.74, 6) is 0.156. The van der Waals surface area contributed by atoms with Crippen LogP contribution in [0.4, 0.5) is 0 Å². The summed E-state index contributed by atoms with van der Waals surface area (Å²) in [6.45, 7) is 9.41. The van der Waals surface area contributed by atoms with Crippen molar-refractivity contribution in [3.8, 4) is 0 Å². The molecule has 1 aliphatic rings. The van der Waals surface area contributed by atoms with Crippen LogP contribution in [0.15, 0.2) is 36.7 Å². The molecule has 0 atom stereocenters. The van der Waals surface area contributed by atoms with Crippen LogP contribution in [0.1, 0.15) is 21.5 Å². The minimum Gasteiger partial charge on any atom is -0.336 e. The summed E-state index contributed by atoms with van der Waals surface area (Å²) < 4.78 is 1.95. The molecule has 5 heteroatoms. The van der Waals surface area contributed by atoms with Crippen LogP contribution in [0.3, 0.4) is 0 Å². The smallest absolute Gasteiger partial charge is 0.253 e. The predicted molar refractivity (Wildman–Crippen MR) is 90.5 cm³/mol. The molecule has 5 nitrogen and oxygen atoms in total. The zero-order valence-electron chi connectivity index (χ0n) is 13.9. The van der Waals surface area contributed by atoms with Gasteiger partial charge in [0.25, 0.3) is 5.91 Å². The van der Waals surface area contributed by atoms with E-state index < -0.39 is 0 Å². The molecule has 0 bridgehead atoms. The maximum atomic E-state index is 12.6. The first kappa shape index (κ1) is 15.7. The van der Waals surface area contributed by atoms with E-state index in [0.29, 0.717) is 0 Å². The first-order valence-corrected chi connectivity index (χ1v) is 8.19. The van der Waals surface area contributed by atoms with E-state index in [4.69, 9.17) is 0 Å². The molecule has 0 aliphatic carbocycles. The van der Waals surface area contributed by atoms with E-state index in [1.165, 1.54) is 0 Å². The highest BCUT2D eigenvalue weighted by Crippen LogP contribution is 2.13. The minimum atomic E-state index is 0.156. The Morgan fingerprint density at radius 2 is 1.74 bits per heavy atom. The molecule has 3 rings (SSSR count). The van der Waals surface area contributed by atoms with Crippen molar-refractivity contribution in [3.05, 3.63) is 53.3 Å². The highest BCUT2D eigenvalue weighted by molar-refractivity contribution is 5.94. The van der Waals surface area contributed by atoms with Gasteiger partial charge in [-0.1, -0.05) is 17.2 Å². The second-order valence-electron chi connectivity index (χ2n) is 6.28. The summed E-state index contributed by atoms with van der Waals surface area (Å²) >= 11 is 0. The lowest BCUT2D eigenvalue weighted by Crippen LogP contribution is -2.49. The fourth-order valence-electron chi connectivity index (χ4n) is 3.13. The van der Waals surface area contributed by atoms with E-state index in [0.717, 1.165) is 56.0 Å². The van der Waals surface area contributed by atoms with Crippen molar-refractivity contribution in [3.63, 3.8) is 0 Å². The molecule has 2 aromatic rings. The molecule has 0 N–H and O–H groups in total. The summed E-state index contributed by atoms with van der Waals surface area (Å²) in [7, 11) is 0. The normalized spacial score (nSPS) is 15.8. The second-order valence-corrected chi connectivity index (χ2v) is 6.28. The molecule has 23 heavy (non-hydrogen) atoms. The van der Waals surface area contributed by atoms with E-state index in [1.807, 2.05) is 47.8 Å². The molecule has 0 saturated carbocycles. The van der Waals surface area contributed by atoms with Crippen LogP contribution >= 0.6 is 0 Å². The Kier molecular flexibility index (Phi) is 4.76. The van der Waals surface area contributed by atoms with E-state index in [9.17, 15) is 4.79 Å². The van der Waals surface area contributed by atoms with Crippen LogP contribution in [0, 0.1) is 13.8 Å². The average molecular weight is 312 g/mol. The maximum absolute atomic E-state index is 12.6. The molecule has 1 amide bonds. The van der Waals surface area contributed by atoms with E-state index in [2.05, 4.69) is 16.1 Å². The van der Waals surface area contributed by atoms with Gasteiger partial charge in [-0.3, -0.25) is 14.4 Å². The molecular formula is C18H24N4O. The molecule has 0 radical (unpaired) electrons. The number of aromatic nitrogens is 2. The van der Waals surface area contributed by atoms with Crippen LogP contribution in [0.5, 0.6) is 0 Å². The van der Waals surface area contributed by atoms with E-state index >= 15 is 0 Å². The van der Waals surface area contributed by atoms with Crippen molar-refractivity contribution in [2.45, 2.75) is 20.4 Å². The standard InChI is InChI=1S/C18H24N4O/c1-15-12-16(2)14-17(13-15)18(23)21-9-6-20(7-10-21)8-11-22-5-3-4-19-22/h3-5,12-14H,6-11H2,1-2H3. The number of piperazine rings is 1. The zero-order valence-corrected chi connectivity index (χ0v) is 13.9. The minimum absolute atomic E-state index is 0.156. The van der Waals surface area contributed by atoms with Crippen molar-refractivity contribution < 1.29 is 4.79 Å². The first-order valence-electron chi connectivity index (χ1n) is 8.19. The Morgan fingerprint density at radius 1 is 1.04 bits per heavy atom. The molecule has 0 spiro atoms. The Hall–Kier alpha value is -2.14. The van der Waals surface area contributed by atoms with E-state index in [1.54, 1.807) is 6.20 Å². The zero-order chi connectivity index (χ0) is 16.2. The van der Waals surface area contributed by atoms with Crippen molar-refractivity contribution in [2.75, 3.05) is 32.7 Å². The van der Waals surface area contributed by atoms with Gasteiger partial charge in [0.2, 0.25) is 0 Å². The van der Waals surface area contributed by atoms with Gasteiger partial charge in [0.05, 0.1) is 6.54 Å². The van der Waals surface area contributed by atoms with Crippen LogP contribution in [-0.2, 0) is 6.54 Å².